The van der Waals surface area contributed by atoms with E-state index in [1.807, 2.05) is 42.5 Å². The number of anilines is 1. The summed E-state index contributed by atoms with van der Waals surface area (Å²) in [5.74, 6) is 1.37. The number of amides is 1. The van der Waals surface area contributed by atoms with E-state index in [9.17, 15) is 4.79 Å². The molecule has 0 saturated heterocycles. The molecule has 0 heterocycles. The maximum Gasteiger partial charge on any atom is 0.259 e. The van der Waals surface area contributed by atoms with E-state index in [0.29, 0.717) is 29.4 Å². The van der Waals surface area contributed by atoms with Crippen molar-refractivity contribution in [3.8, 4) is 17.2 Å². The molecule has 0 unspecified atom stereocenters. The molecule has 0 spiro atoms. The molecular formula is C22H21NO4. The van der Waals surface area contributed by atoms with E-state index in [2.05, 4.69) is 5.32 Å². The molecule has 0 aromatic heterocycles. The SMILES string of the molecule is COc1cccc(C(=O)Nc2ccc(OCc3ccccc3)cc2)c1OC. The summed E-state index contributed by atoms with van der Waals surface area (Å²) in [5.41, 5.74) is 2.16. The van der Waals surface area contributed by atoms with E-state index >= 15 is 0 Å². The van der Waals surface area contributed by atoms with Gasteiger partial charge in [0, 0.05) is 5.69 Å². The van der Waals surface area contributed by atoms with Crippen LogP contribution in [0.1, 0.15) is 15.9 Å². The molecular weight excluding hydrogens is 342 g/mol. The third kappa shape index (κ3) is 4.58. The summed E-state index contributed by atoms with van der Waals surface area (Å²) in [6, 6.07) is 22.4. The van der Waals surface area contributed by atoms with E-state index in [1.165, 1.54) is 14.2 Å². The third-order valence-corrected chi connectivity index (χ3v) is 4.01. The van der Waals surface area contributed by atoms with E-state index < -0.39 is 0 Å². The lowest BCUT2D eigenvalue weighted by Gasteiger charge is -2.13. The van der Waals surface area contributed by atoms with Gasteiger partial charge in [-0.25, -0.2) is 0 Å². The van der Waals surface area contributed by atoms with Crippen LogP contribution in [0.5, 0.6) is 17.2 Å². The molecule has 0 aliphatic rings. The van der Waals surface area contributed by atoms with Gasteiger partial charge in [-0.1, -0.05) is 36.4 Å². The van der Waals surface area contributed by atoms with Crippen molar-refractivity contribution in [2.24, 2.45) is 0 Å². The Hall–Kier alpha value is -3.47. The van der Waals surface area contributed by atoms with Crippen molar-refractivity contribution < 1.29 is 19.0 Å². The van der Waals surface area contributed by atoms with Gasteiger partial charge in [-0.2, -0.15) is 0 Å². The van der Waals surface area contributed by atoms with Crippen LogP contribution in [0.4, 0.5) is 5.69 Å². The molecule has 0 atom stereocenters. The minimum Gasteiger partial charge on any atom is -0.493 e. The van der Waals surface area contributed by atoms with Crippen LogP contribution in [-0.4, -0.2) is 20.1 Å². The topological polar surface area (TPSA) is 56.8 Å². The van der Waals surface area contributed by atoms with Crippen molar-refractivity contribution in [2.45, 2.75) is 6.61 Å². The molecule has 3 aromatic carbocycles. The summed E-state index contributed by atoms with van der Waals surface area (Å²) in [6.07, 6.45) is 0. The predicted molar refractivity (Wildman–Crippen MR) is 105 cm³/mol. The second-order valence-corrected chi connectivity index (χ2v) is 5.79. The van der Waals surface area contributed by atoms with Gasteiger partial charge in [-0.05, 0) is 42.0 Å². The van der Waals surface area contributed by atoms with Crippen LogP contribution in [0.2, 0.25) is 0 Å². The maximum atomic E-state index is 12.6. The second kappa shape index (κ2) is 8.76. The number of benzene rings is 3. The average Bonchev–Trinajstić information content (AvgIpc) is 2.73. The van der Waals surface area contributed by atoms with Crippen LogP contribution in [0.15, 0.2) is 72.8 Å². The number of nitrogens with one attached hydrogen (secondary N) is 1. The van der Waals surface area contributed by atoms with Gasteiger partial charge in [0.05, 0.1) is 19.8 Å². The Bertz CT molecular complexity index is 892. The first-order chi connectivity index (χ1) is 13.2. The first kappa shape index (κ1) is 18.3. The molecule has 0 fully saturated rings. The van der Waals surface area contributed by atoms with Crippen LogP contribution in [0.3, 0.4) is 0 Å². The minimum atomic E-state index is -0.274. The summed E-state index contributed by atoms with van der Waals surface area (Å²) >= 11 is 0. The van der Waals surface area contributed by atoms with Gasteiger partial charge in [0.15, 0.2) is 11.5 Å². The van der Waals surface area contributed by atoms with E-state index in [-0.39, 0.29) is 5.91 Å². The average molecular weight is 363 g/mol. The quantitative estimate of drug-likeness (QED) is 0.670. The van der Waals surface area contributed by atoms with Gasteiger partial charge < -0.3 is 19.5 Å². The van der Waals surface area contributed by atoms with Crippen LogP contribution < -0.4 is 19.5 Å². The van der Waals surface area contributed by atoms with E-state index in [1.54, 1.807) is 30.3 Å². The molecule has 138 valence electrons. The number of hydrogen-bond acceptors (Lipinski definition) is 4. The van der Waals surface area contributed by atoms with Gasteiger partial charge in [-0.15, -0.1) is 0 Å². The molecule has 5 heteroatoms. The highest BCUT2D eigenvalue weighted by atomic mass is 16.5. The van der Waals surface area contributed by atoms with Gasteiger partial charge in [0.2, 0.25) is 0 Å². The minimum absolute atomic E-state index is 0.274. The normalized spacial score (nSPS) is 10.1. The number of carbonyl (C=O) groups excluding carboxylic acids is 1. The fourth-order valence-electron chi connectivity index (χ4n) is 2.64. The molecule has 0 bridgehead atoms. The summed E-state index contributed by atoms with van der Waals surface area (Å²) in [7, 11) is 3.04. The molecule has 1 amide bonds. The number of methoxy groups -OCH3 is 2. The van der Waals surface area contributed by atoms with E-state index in [0.717, 1.165) is 11.3 Å². The van der Waals surface area contributed by atoms with E-state index in [4.69, 9.17) is 14.2 Å². The number of carbonyl (C=O) groups is 1. The van der Waals surface area contributed by atoms with Crippen molar-refractivity contribution in [3.63, 3.8) is 0 Å². The molecule has 0 saturated carbocycles. The first-order valence-corrected chi connectivity index (χ1v) is 8.50. The number of para-hydroxylation sites is 1. The van der Waals surface area contributed by atoms with Crippen molar-refractivity contribution in [1.82, 2.24) is 0 Å². The highest BCUT2D eigenvalue weighted by molar-refractivity contribution is 6.06. The zero-order valence-electron chi connectivity index (χ0n) is 15.3. The molecule has 27 heavy (non-hydrogen) atoms. The first-order valence-electron chi connectivity index (χ1n) is 8.50. The predicted octanol–water partition coefficient (Wildman–Crippen LogP) is 4.54. The number of ether oxygens (including phenoxy) is 3. The van der Waals surface area contributed by atoms with Crippen LogP contribution in [-0.2, 0) is 6.61 Å². The summed E-state index contributed by atoms with van der Waals surface area (Å²) < 4.78 is 16.3. The molecule has 5 nitrogen and oxygen atoms in total. The molecule has 1 N–H and O–H groups in total. The molecule has 0 aliphatic heterocycles. The van der Waals surface area contributed by atoms with Gasteiger partial charge in [-0.3, -0.25) is 4.79 Å². The van der Waals surface area contributed by atoms with Gasteiger partial charge in [0.25, 0.3) is 5.91 Å². The summed E-state index contributed by atoms with van der Waals surface area (Å²) in [6.45, 7) is 0.494. The number of rotatable bonds is 7. The van der Waals surface area contributed by atoms with Crippen LogP contribution >= 0.6 is 0 Å². The van der Waals surface area contributed by atoms with Crippen molar-refractivity contribution >= 4 is 11.6 Å². The largest absolute Gasteiger partial charge is 0.493 e. The lowest BCUT2D eigenvalue weighted by atomic mass is 10.1. The summed E-state index contributed by atoms with van der Waals surface area (Å²) in [5, 5.41) is 2.86. The second-order valence-electron chi connectivity index (χ2n) is 5.79. The third-order valence-electron chi connectivity index (χ3n) is 4.01. The zero-order chi connectivity index (χ0) is 19.1. The Kier molecular flexibility index (Phi) is 5.94. The molecule has 3 rings (SSSR count). The highest BCUT2D eigenvalue weighted by Crippen LogP contribution is 2.31. The Balaban J connectivity index is 1.65. The van der Waals surface area contributed by atoms with Gasteiger partial charge in [0.1, 0.15) is 12.4 Å². The Morgan fingerprint density at radius 2 is 1.59 bits per heavy atom. The lowest BCUT2D eigenvalue weighted by Crippen LogP contribution is -2.13. The standard InChI is InChI=1S/C22H21NO4/c1-25-20-10-6-9-19(21(20)26-2)22(24)23-17-11-13-18(14-12-17)27-15-16-7-4-3-5-8-16/h3-14H,15H2,1-2H3,(H,23,24). The Morgan fingerprint density at radius 1 is 0.852 bits per heavy atom. The van der Waals surface area contributed by atoms with Crippen LogP contribution in [0.25, 0.3) is 0 Å². The van der Waals surface area contributed by atoms with Crippen molar-refractivity contribution in [3.05, 3.63) is 83.9 Å². The summed E-state index contributed by atoms with van der Waals surface area (Å²) in [4.78, 5) is 12.6. The fraction of sp³-hybridized carbons (Fsp3) is 0.136. The molecule has 0 radical (unpaired) electrons. The Morgan fingerprint density at radius 3 is 2.26 bits per heavy atom. The molecule has 3 aromatic rings. The van der Waals surface area contributed by atoms with Crippen molar-refractivity contribution in [1.29, 1.82) is 0 Å². The molecule has 0 aliphatic carbocycles. The van der Waals surface area contributed by atoms with Gasteiger partial charge >= 0.3 is 0 Å². The zero-order valence-corrected chi connectivity index (χ0v) is 15.3. The highest BCUT2D eigenvalue weighted by Gasteiger charge is 2.16. The maximum absolute atomic E-state index is 12.6. The number of hydrogen-bond donors (Lipinski definition) is 1. The smallest absolute Gasteiger partial charge is 0.259 e. The monoisotopic (exact) mass is 363 g/mol. The lowest BCUT2D eigenvalue weighted by molar-refractivity contribution is 0.102. The fourth-order valence-corrected chi connectivity index (χ4v) is 2.64. The van der Waals surface area contributed by atoms with Crippen molar-refractivity contribution in [2.75, 3.05) is 19.5 Å². The van der Waals surface area contributed by atoms with Crippen LogP contribution in [0, 0.1) is 0 Å². The Labute approximate surface area is 158 Å².